The van der Waals surface area contributed by atoms with Crippen LogP contribution in [0.15, 0.2) is 24.3 Å². The summed E-state index contributed by atoms with van der Waals surface area (Å²) in [5.41, 5.74) is 2.10. The lowest BCUT2D eigenvalue weighted by molar-refractivity contribution is -0.143. The van der Waals surface area contributed by atoms with E-state index in [1.807, 2.05) is 47.1 Å². The van der Waals surface area contributed by atoms with E-state index in [1.54, 1.807) is 4.90 Å². The van der Waals surface area contributed by atoms with Crippen molar-refractivity contribution in [1.82, 2.24) is 20.4 Å². The molecule has 0 aliphatic heterocycles. The molecule has 1 unspecified atom stereocenters. The maximum Gasteiger partial charge on any atom is 0.317 e. The second kappa shape index (κ2) is 18.7. The third kappa shape index (κ3) is 16.0. The van der Waals surface area contributed by atoms with Crippen LogP contribution in [0.5, 0.6) is 0 Å². The van der Waals surface area contributed by atoms with Gasteiger partial charge in [0.05, 0.1) is 49.0 Å². The van der Waals surface area contributed by atoms with E-state index in [2.05, 4.69) is 14.2 Å². The van der Waals surface area contributed by atoms with Crippen LogP contribution in [0.2, 0.25) is 0 Å². The van der Waals surface area contributed by atoms with Gasteiger partial charge in [0.25, 0.3) is 0 Å². The van der Waals surface area contributed by atoms with Gasteiger partial charge < -0.3 is 34.6 Å². The van der Waals surface area contributed by atoms with Crippen LogP contribution in [0, 0.1) is 0 Å². The Balaban J connectivity index is 2.70. The van der Waals surface area contributed by atoms with Crippen molar-refractivity contribution in [2.24, 2.45) is 0 Å². The van der Waals surface area contributed by atoms with Crippen LogP contribution in [0.3, 0.4) is 0 Å². The Morgan fingerprint density at radius 1 is 0.811 bits per heavy atom. The Kier molecular flexibility index (Phi) is 16.4. The number of nitrogens with one attached hydrogen (secondary N) is 3. The molecule has 0 spiro atoms. The summed E-state index contributed by atoms with van der Waals surface area (Å²) in [7, 11) is 0. The highest BCUT2D eigenvalue weighted by molar-refractivity contribution is 14.1. The highest BCUT2D eigenvalue weighted by atomic mass is 127. The number of anilines is 1. The van der Waals surface area contributed by atoms with Crippen molar-refractivity contribution >= 4 is 52.4 Å². The van der Waals surface area contributed by atoms with Gasteiger partial charge in [-0.25, -0.2) is 0 Å². The van der Waals surface area contributed by atoms with Gasteiger partial charge in [-0.1, -0.05) is 12.1 Å². The highest BCUT2D eigenvalue weighted by Gasteiger charge is 2.23. The number of carboxylic acid groups (broad SMARTS) is 4. The minimum Gasteiger partial charge on any atom is -0.480 e. The molecule has 7 N–H and O–H groups in total. The van der Waals surface area contributed by atoms with Crippen LogP contribution in [-0.2, 0) is 25.6 Å². The van der Waals surface area contributed by atoms with E-state index in [0.29, 0.717) is 39.1 Å². The summed E-state index contributed by atoms with van der Waals surface area (Å²) in [6.07, 6.45) is 2.04. The molecule has 0 aliphatic carbocycles. The topological polar surface area (TPSA) is 192 Å². The number of aliphatic carboxylic acids is 4. The Bertz CT molecular complexity index is 842. The molecule has 13 nitrogen and oxygen atoms in total. The molecule has 1 atom stereocenters. The molecule has 0 saturated carbocycles. The zero-order chi connectivity index (χ0) is 27.6. The number of hydrogen-bond acceptors (Lipinski definition) is 9. The Morgan fingerprint density at radius 3 is 1.89 bits per heavy atom. The summed E-state index contributed by atoms with van der Waals surface area (Å²) >= 11 is 2.05. The number of carboxylic acids is 4. The number of hydrogen-bond donors (Lipinski definition) is 7. The van der Waals surface area contributed by atoms with E-state index in [4.69, 9.17) is 10.2 Å². The lowest BCUT2D eigenvalue weighted by Crippen LogP contribution is -2.48. The largest absolute Gasteiger partial charge is 0.480 e. The maximum absolute atomic E-state index is 11.4. The fourth-order valence-corrected chi connectivity index (χ4v) is 4.11. The normalized spacial score (nSPS) is 12.0. The quantitative estimate of drug-likeness (QED) is 0.0521. The van der Waals surface area contributed by atoms with Crippen LogP contribution in [0.1, 0.15) is 18.4 Å². The lowest BCUT2D eigenvalue weighted by atomic mass is 10.0. The third-order valence-corrected chi connectivity index (χ3v) is 6.11. The van der Waals surface area contributed by atoms with Gasteiger partial charge >= 0.3 is 23.9 Å². The van der Waals surface area contributed by atoms with Gasteiger partial charge in [0, 0.05) is 44.5 Å². The molecule has 0 heterocycles. The Morgan fingerprint density at radius 2 is 1.38 bits per heavy atom. The van der Waals surface area contributed by atoms with Gasteiger partial charge in [0.1, 0.15) is 0 Å². The molecular weight excluding hydrogens is 601 g/mol. The summed E-state index contributed by atoms with van der Waals surface area (Å²) in [6.45, 7) is 0.479. The first-order chi connectivity index (χ1) is 17.6. The molecule has 0 radical (unpaired) electrons. The molecular formula is C23H36IN5O8. The van der Waals surface area contributed by atoms with E-state index < -0.39 is 37.0 Å². The van der Waals surface area contributed by atoms with Gasteiger partial charge in [-0.3, -0.25) is 29.0 Å². The van der Waals surface area contributed by atoms with Gasteiger partial charge in [-0.2, -0.15) is 0 Å². The van der Waals surface area contributed by atoms with E-state index >= 15 is 0 Å². The molecule has 208 valence electrons. The number of rotatable bonds is 22. The Hall–Kier alpha value is -2.53. The number of aryl methyl sites for hydroxylation is 1. The van der Waals surface area contributed by atoms with Crippen molar-refractivity contribution in [2.75, 3.05) is 62.4 Å². The van der Waals surface area contributed by atoms with Crippen molar-refractivity contribution in [1.29, 1.82) is 0 Å². The molecule has 0 amide bonds. The SMILES string of the molecule is O=C(O)CNCCN(CCNCC(CCCc1ccc(NI)cc1)N(CC(=O)O)CC(=O)O)CC(=O)O. The fraction of sp³-hybridized carbons (Fsp3) is 0.565. The molecule has 0 aromatic heterocycles. The molecule has 0 bridgehead atoms. The second-order valence-electron chi connectivity index (χ2n) is 8.47. The van der Waals surface area contributed by atoms with Gasteiger partial charge in [-0.15, -0.1) is 0 Å². The number of nitrogens with zero attached hydrogens (tertiary/aromatic N) is 2. The lowest BCUT2D eigenvalue weighted by Gasteiger charge is -2.30. The minimum atomic E-state index is -1.12. The van der Waals surface area contributed by atoms with Crippen LogP contribution < -0.4 is 14.2 Å². The Labute approximate surface area is 229 Å². The minimum absolute atomic E-state index is 0.212. The summed E-state index contributed by atoms with van der Waals surface area (Å²) in [5.74, 6) is -4.24. The molecule has 1 aromatic carbocycles. The van der Waals surface area contributed by atoms with Gasteiger partial charge in [0.15, 0.2) is 0 Å². The molecule has 37 heavy (non-hydrogen) atoms. The zero-order valence-electron chi connectivity index (χ0n) is 20.6. The first kappa shape index (κ1) is 32.5. The average Bonchev–Trinajstić information content (AvgIpc) is 2.82. The molecule has 1 aromatic rings. The van der Waals surface area contributed by atoms with Crippen LogP contribution in [0.4, 0.5) is 5.69 Å². The van der Waals surface area contributed by atoms with Crippen molar-refractivity contribution in [3.05, 3.63) is 29.8 Å². The summed E-state index contributed by atoms with van der Waals surface area (Å²) < 4.78 is 3.03. The van der Waals surface area contributed by atoms with E-state index in [0.717, 1.165) is 24.1 Å². The molecule has 0 saturated heterocycles. The summed E-state index contributed by atoms with van der Waals surface area (Å²) in [5, 5.41) is 42.3. The highest BCUT2D eigenvalue weighted by Crippen LogP contribution is 2.15. The van der Waals surface area contributed by atoms with E-state index in [9.17, 15) is 29.4 Å². The zero-order valence-corrected chi connectivity index (χ0v) is 22.7. The van der Waals surface area contributed by atoms with Crippen molar-refractivity contribution in [2.45, 2.75) is 25.3 Å². The molecule has 1 rings (SSSR count). The van der Waals surface area contributed by atoms with Crippen molar-refractivity contribution in [3.8, 4) is 0 Å². The first-order valence-corrected chi connectivity index (χ1v) is 12.9. The predicted octanol–water partition coefficient (Wildman–Crippen LogP) is 0.261. The smallest absolute Gasteiger partial charge is 0.317 e. The average molecular weight is 637 g/mol. The van der Waals surface area contributed by atoms with E-state index in [-0.39, 0.29) is 19.1 Å². The fourth-order valence-electron chi connectivity index (χ4n) is 3.75. The van der Waals surface area contributed by atoms with Crippen LogP contribution in [-0.4, -0.2) is 119 Å². The van der Waals surface area contributed by atoms with Crippen LogP contribution in [0.25, 0.3) is 0 Å². The predicted molar refractivity (Wildman–Crippen MR) is 145 cm³/mol. The number of benzene rings is 1. The van der Waals surface area contributed by atoms with Gasteiger partial charge in [0.2, 0.25) is 0 Å². The second-order valence-corrected chi connectivity index (χ2v) is 9.01. The summed E-state index contributed by atoms with van der Waals surface area (Å²) in [6, 6.07) is 7.57. The van der Waals surface area contributed by atoms with E-state index in [1.165, 1.54) is 4.90 Å². The molecule has 14 heteroatoms. The van der Waals surface area contributed by atoms with Crippen molar-refractivity contribution < 1.29 is 39.6 Å². The maximum atomic E-state index is 11.4. The molecule has 0 aliphatic rings. The van der Waals surface area contributed by atoms with Crippen LogP contribution >= 0.6 is 22.9 Å². The standard InChI is InChI=1S/C23H36IN5O8/c24-27-18-6-4-17(5-7-18)2-1-3-19(29(15-22(34)35)16-23(36)37)12-25-8-10-28(14-21(32)33)11-9-26-13-20(30)31/h4-7,19,25-27H,1-3,8-16H2,(H,30,31)(H,32,33)(H,34,35)(H,36,37). The number of halogens is 1. The monoisotopic (exact) mass is 637 g/mol. The third-order valence-electron chi connectivity index (χ3n) is 5.48. The van der Waals surface area contributed by atoms with Gasteiger partial charge in [-0.05, 0) is 37.0 Å². The molecule has 0 fully saturated rings. The first-order valence-electron chi connectivity index (χ1n) is 11.8. The summed E-state index contributed by atoms with van der Waals surface area (Å²) in [4.78, 5) is 47.6. The number of carbonyl (C=O) groups is 4. The van der Waals surface area contributed by atoms with Crippen molar-refractivity contribution in [3.63, 3.8) is 0 Å².